The Balaban J connectivity index is 1.57. The SMILES string of the molecule is C[n+]1c(SCC(=O)NN=Cc2ccccc2O)n[nH]c1-c1cccc(Cl)c1. The van der Waals surface area contributed by atoms with E-state index in [1.54, 1.807) is 30.3 Å². The van der Waals surface area contributed by atoms with Gasteiger partial charge >= 0.3 is 5.16 Å². The monoisotopic (exact) mass is 402 g/mol. The molecular formula is C18H17ClN5O2S+. The van der Waals surface area contributed by atoms with Crippen LogP contribution in [0.15, 0.2) is 58.8 Å². The zero-order chi connectivity index (χ0) is 19.2. The third-order valence-electron chi connectivity index (χ3n) is 3.64. The molecule has 0 spiro atoms. The van der Waals surface area contributed by atoms with Crippen LogP contribution in [0.1, 0.15) is 5.56 Å². The lowest BCUT2D eigenvalue weighted by atomic mass is 10.2. The van der Waals surface area contributed by atoms with Crippen LogP contribution in [0.25, 0.3) is 11.4 Å². The van der Waals surface area contributed by atoms with Gasteiger partial charge in [-0.2, -0.15) is 5.10 Å². The van der Waals surface area contributed by atoms with Crippen molar-refractivity contribution < 1.29 is 14.5 Å². The maximum atomic E-state index is 12.0. The lowest BCUT2D eigenvalue weighted by Crippen LogP contribution is -2.32. The molecule has 3 N–H and O–H groups in total. The van der Waals surface area contributed by atoms with Crippen molar-refractivity contribution in [3.8, 4) is 17.1 Å². The fourth-order valence-electron chi connectivity index (χ4n) is 2.30. The van der Waals surface area contributed by atoms with Gasteiger partial charge in [-0.25, -0.2) is 9.99 Å². The molecule has 9 heteroatoms. The summed E-state index contributed by atoms with van der Waals surface area (Å²) in [7, 11) is 1.86. The minimum Gasteiger partial charge on any atom is -0.507 e. The van der Waals surface area contributed by atoms with Crippen LogP contribution in [-0.2, 0) is 11.8 Å². The highest BCUT2D eigenvalue weighted by molar-refractivity contribution is 7.99. The van der Waals surface area contributed by atoms with Crippen LogP contribution in [0.3, 0.4) is 0 Å². The van der Waals surface area contributed by atoms with Gasteiger partial charge < -0.3 is 5.11 Å². The van der Waals surface area contributed by atoms with Crippen LogP contribution in [0.2, 0.25) is 5.02 Å². The van der Waals surface area contributed by atoms with Gasteiger partial charge in [0.1, 0.15) is 5.75 Å². The number of aromatic nitrogens is 3. The molecule has 0 saturated carbocycles. The van der Waals surface area contributed by atoms with Crippen molar-refractivity contribution in [2.24, 2.45) is 12.1 Å². The molecule has 0 atom stereocenters. The molecule has 1 heterocycles. The molecule has 0 aliphatic carbocycles. The second-order valence-corrected chi connectivity index (χ2v) is 6.94. The summed E-state index contributed by atoms with van der Waals surface area (Å²) in [5.41, 5.74) is 3.86. The molecule has 0 aliphatic rings. The second kappa shape index (κ2) is 8.70. The average Bonchev–Trinajstić information content (AvgIpc) is 3.02. The topological polar surface area (TPSA) is 94.2 Å². The molecule has 0 saturated heterocycles. The maximum Gasteiger partial charge on any atom is 0.337 e. The first-order valence-electron chi connectivity index (χ1n) is 7.97. The van der Waals surface area contributed by atoms with Crippen molar-refractivity contribution >= 4 is 35.5 Å². The number of thioether (sulfide) groups is 1. The molecule has 27 heavy (non-hydrogen) atoms. The van der Waals surface area contributed by atoms with Gasteiger partial charge in [0.25, 0.3) is 11.7 Å². The molecule has 3 aromatic rings. The van der Waals surface area contributed by atoms with E-state index in [1.165, 1.54) is 18.0 Å². The lowest BCUT2D eigenvalue weighted by molar-refractivity contribution is -0.698. The van der Waals surface area contributed by atoms with E-state index in [9.17, 15) is 9.90 Å². The number of aromatic amines is 1. The summed E-state index contributed by atoms with van der Waals surface area (Å²) in [5, 5.41) is 22.0. The van der Waals surface area contributed by atoms with Gasteiger partial charge in [0, 0.05) is 10.6 Å². The van der Waals surface area contributed by atoms with Gasteiger partial charge in [0.05, 0.1) is 29.7 Å². The van der Waals surface area contributed by atoms with E-state index in [2.05, 4.69) is 20.7 Å². The first kappa shape index (κ1) is 18.9. The third-order valence-corrected chi connectivity index (χ3v) is 4.90. The molecular weight excluding hydrogens is 386 g/mol. The van der Waals surface area contributed by atoms with Crippen LogP contribution in [-0.4, -0.2) is 33.2 Å². The molecule has 0 radical (unpaired) electrons. The quantitative estimate of drug-likeness (QED) is 0.255. The molecule has 0 bridgehead atoms. The Morgan fingerprint density at radius 3 is 2.96 bits per heavy atom. The molecule has 3 rings (SSSR count). The van der Waals surface area contributed by atoms with Crippen LogP contribution in [0.5, 0.6) is 5.75 Å². The van der Waals surface area contributed by atoms with E-state index in [4.69, 9.17) is 11.6 Å². The Labute approximate surface area is 165 Å². The van der Waals surface area contributed by atoms with Gasteiger partial charge in [-0.3, -0.25) is 4.79 Å². The number of nitrogens with zero attached hydrogens (tertiary/aromatic N) is 3. The van der Waals surface area contributed by atoms with Crippen molar-refractivity contribution in [2.75, 3.05) is 5.75 Å². The summed E-state index contributed by atoms with van der Waals surface area (Å²) >= 11 is 7.30. The maximum absolute atomic E-state index is 12.0. The highest BCUT2D eigenvalue weighted by Crippen LogP contribution is 2.20. The van der Waals surface area contributed by atoms with Crippen LogP contribution >= 0.6 is 23.4 Å². The molecule has 2 aromatic carbocycles. The molecule has 0 aliphatic heterocycles. The number of hydrazone groups is 1. The minimum absolute atomic E-state index is 0.0990. The Bertz CT molecular complexity index is 989. The smallest absolute Gasteiger partial charge is 0.337 e. The number of halogens is 1. The number of aromatic hydroxyl groups is 1. The number of H-pyrrole nitrogens is 1. The van der Waals surface area contributed by atoms with Gasteiger partial charge in [-0.15, -0.1) is 5.10 Å². The largest absolute Gasteiger partial charge is 0.507 e. The van der Waals surface area contributed by atoms with E-state index in [0.29, 0.717) is 15.7 Å². The standard InChI is InChI=1S/C18H16ClN5O2S/c1-24-17(12-6-4-7-14(19)9-12)22-23-18(24)27-11-16(26)21-20-10-13-5-2-3-8-15(13)25/h2-10H,11H2,1H3,(H2,20,21,25,26)/p+1. The fraction of sp³-hybridized carbons (Fsp3) is 0.111. The highest BCUT2D eigenvalue weighted by atomic mass is 35.5. The number of para-hydroxylation sites is 1. The van der Waals surface area contributed by atoms with Crippen molar-refractivity contribution in [3.63, 3.8) is 0 Å². The first-order chi connectivity index (χ1) is 13.0. The van der Waals surface area contributed by atoms with E-state index in [-0.39, 0.29) is 17.4 Å². The summed E-state index contributed by atoms with van der Waals surface area (Å²) < 4.78 is 1.86. The molecule has 7 nitrogen and oxygen atoms in total. The summed E-state index contributed by atoms with van der Waals surface area (Å²) in [6.07, 6.45) is 1.39. The Hall–Kier alpha value is -2.84. The third kappa shape index (κ3) is 4.87. The predicted octanol–water partition coefficient (Wildman–Crippen LogP) is 2.50. The van der Waals surface area contributed by atoms with E-state index in [1.807, 2.05) is 29.8 Å². The predicted molar refractivity (Wildman–Crippen MR) is 105 cm³/mol. The van der Waals surface area contributed by atoms with Crippen molar-refractivity contribution in [3.05, 3.63) is 59.1 Å². The lowest BCUT2D eigenvalue weighted by Gasteiger charge is -2.00. The van der Waals surface area contributed by atoms with Crippen molar-refractivity contribution in [1.82, 2.24) is 15.6 Å². The van der Waals surface area contributed by atoms with Crippen molar-refractivity contribution in [1.29, 1.82) is 0 Å². The normalized spacial score (nSPS) is 11.0. The Kier molecular flexibility index (Phi) is 6.10. The number of carbonyl (C=O) groups excluding carboxylic acids is 1. The Morgan fingerprint density at radius 2 is 2.19 bits per heavy atom. The number of amides is 1. The number of hydrogen-bond acceptors (Lipinski definition) is 5. The van der Waals surface area contributed by atoms with E-state index >= 15 is 0 Å². The molecule has 138 valence electrons. The Morgan fingerprint density at radius 1 is 1.37 bits per heavy atom. The van der Waals surface area contributed by atoms with Crippen LogP contribution < -0.4 is 9.99 Å². The van der Waals surface area contributed by atoms with Gasteiger partial charge in [-0.05, 0) is 42.1 Å². The molecule has 1 amide bonds. The first-order valence-corrected chi connectivity index (χ1v) is 9.34. The highest BCUT2D eigenvalue weighted by Gasteiger charge is 2.20. The zero-order valence-corrected chi connectivity index (χ0v) is 16.0. The number of benzene rings is 2. The molecule has 0 fully saturated rings. The summed E-state index contributed by atoms with van der Waals surface area (Å²) in [4.78, 5) is 12.0. The molecule has 0 unspecified atom stereocenters. The van der Waals surface area contributed by atoms with Gasteiger partial charge in [0.2, 0.25) is 0 Å². The summed E-state index contributed by atoms with van der Waals surface area (Å²) in [5.74, 6) is 0.755. The number of carbonyl (C=O) groups is 1. The number of hydrogen-bond donors (Lipinski definition) is 3. The second-order valence-electron chi connectivity index (χ2n) is 5.56. The number of phenolic OH excluding ortho intramolecular Hbond substituents is 1. The summed E-state index contributed by atoms with van der Waals surface area (Å²) in [6.45, 7) is 0. The van der Waals surface area contributed by atoms with Gasteiger partial charge in [0.15, 0.2) is 0 Å². The van der Waals surface area contributed by atoms with Crippen LogP contribution in [0, 0.1) is 0 Å². The number of rotatable bonds is 6. The average molecular weight is 403 g/mol. The number of phenols is 1. The zero-order valence-electron chi connectivity index (χ0n) is 14.4. The van der Waals surface area contributed by atoms with Gasteiger partial charge in [-0.1, -0.05) is 29.8 Å². The fourth-order valence-corrected chi connectivity index (χ4v) is 3.21. The van der Waals surface area contributed by atoms with E-state index < -0.39 is 0 Å². The van der Waals surface area contributed by atoms with Crippen molar-refractivity contribution in [2.45, 2.75) is 5.16 Å². The molecule has 1 aromatic heterocycles. The van der Waals surface area contributed by atoms with Crippen LogP contribution in [0.4, 0.5) is 0 Å². The van der Waals surface area contributed by atoms with E-state index in [0.717, 1.165) is 11.4 Å². The number of nitrogens with one attached hydrogen (secondary N) is 2. The summed E-state index contributed by atoms with van der Waals surface area (Å²) in [6, 6.07) is 14.2. The minimum atomic E-state index is -0.279.